The van der Waals surface area contributed by atoms with E-state index in [0.29, 0.717) is 11.4 Å². The molecule has 6 nitrogen and oxygen atoms in total. The molecule has 30 heavy (non-hydrogen) atoms. The lowest BCUT2D eigenvalue weighted by Crippen LogP contribution is -2.20. The number of amides is 1. The van der Waals surface area contributed by atoms with Gasteiger partial charge in [0.2, 0.25) is 0 Å². The van der Waals surface area contributed by atoms with Crippen LogP contribution in [0.1, 0.15) is 33.8 Å². The van der Waals surface area contributed by atoms with Gasteiger partial charge in [-0.1, -0.05) is 18.2 Å². The number of fused-ring (bicyclic) bond motifs is 1. The van der Waals surface area contributed by atoms with Gasteiger partial charge in [-0.05, 0) is 55.8 Å². The van der Waals surface area contributed by atoms with E-state index in [0.717, 1.165) is 58.9 Å². The van der Waals surface area contributed by atoms with Crippen molar-refractivity contribution in [2.24, 2.45) is 0 Å². The molecule has 1 aromatic carbocycles. The van der Waals surface area contributed by atoms with Crippen LogP contribution in [0.3, 0.4) is 0 Å². The molecule has 1 saturated heterocycles. The standard InChI is InChI=1S/C23H24N4O2S/c1-14-15(2)27(13-16-7-5-11-29-16)22(26-23(28)19-10-6-12-30-19)20(14)21-24-17-8-3-4-9-18(17)25-21/h3-4,6,8-10,12,16H,5,7,11,13H2,1-2H3,(H,24,25)(H,26,28)/t16-/m0/s1. The Morgan fingerprint density at radius 1 is 1.30 bits per heavy atom. The normalized spacial score (nSPS) is 16.4. The lowest BCUT2D eigenvalue weighted by molar-refractivity contribution is 0.0963. The predicted octanol–water partition coefficient (Wildman–Crippen LogP) is 5.14. The lowest BCUT2D eigenvalue weighted by atomic mass is 10.1. The molecule has 1 fully saturated rings. The highest BCUT2D eigenvalue weighted by Crippen LogP contribution is 2.37. The zero-order chi connectivity index (χ0) is 20.7. The van der Waals surface area contributed by atoms with Crippen LogP contribution in [0.5, 0.6) is 0 Å². The van der Waals surface area contributed by atoms with E-state index in [4.69, 9.17) is 9.72 Å². The van der Waals surface area contributed by atoms with Gasteiger partial charge in [-0.25, -0.2) is 4.98 Å². The second kappa shape index (κ2) is 7.74. The summed E-state index contributed by atoms with van der Waals surface area (Å²) in [5, 5.41) is 5.09. The molecule has 1 aliphatic rings. The number of ether oxygens (including phenoxy) is 1. The number of aromatic nitrogens is 3. The number of H-pyrrole nitrogens is 1. The fourth-order valence-electron chi connectivity index (χ4n) is 4.15. The molecule has 0 unspecified atom stereocenters. The van der Waals surface area contributed by atoms with Crippen LogP contribution in [0.2, 0.25) is 0 Å². The molecular weight excluding hydrogens is 396 g/mol. The van der Waals surface area contributed by atoms with Crippen LogP contribution in [0, 0.1) is 13.8 Å². The molecule has 4 heterocycles. The number of carbonyl (C=O) groups excluding carboxylic acids is 1. The number of hydrogen-bond donors (Lipinski definition) is 2. The van der Waals surface area contributed by atoms with Crippen LogP contribution in [0.15, 0.2) is 41.8 Å². The van der Waals surface area contributed by atoms with E-state index in [1.807, 2.05) is 41.8 Å². The number of hydrogen-bond acceptors (Lipinski definition) is 4. The highest BCUT2D eigenvalue weighted by molar-refractivity contribution is 7.12. The Balaban J connectivity index is 1.63. The van der Waals surface area contributed by atoms with Crippen molar-refractivity contribution in [1.82, 2.24) is 14.5 Å². The molecule has 0 radical (unpaired) electrons. The maximum absolute atomic E-state index is 13.0. The van der Waals surface area contributed by atoms with E-state index in [-0.39, 0.29) is 12.0 Å². The minimum Gasteiger partial charge on any atom is -0.376 e. The monoisotopic (exact) mass is 420 g/mol. The maximum atomic E-state index is 13.0. The smallest absolute Gasteiger partial charge is 0.266 e. The number of benzene rings is 1. The summed E-state index contributed by atoms with van der Waals surface area (Å²) in [5.41, 5.74) is 5.04. The number of anilines is 1. The number of para-hydroxylation sites is 2. The van der Waals surface area contributed by atoms with Crippen molar-refractivity contribution >= 4 is 34.1 Å². The van der Waals surface area contributed by atoms with Gasteiger partial charge in [-0.15, -0.1) is 11.3 Å². The first-order valence-electron chi connectivity index (χ1n) is 10.2. The van der Waals surface area contributed by atoms with Crippen LogP contribution in [0.4, 0.5) is 5.82 Å². The maximum Gasteiger partial charge on any atom is 0.266 e. The number of nitrogens with one attached hydrogen (secondary N) is 2. The SMILES string of the molecule is Cc1c(-c2nc3ccccc3[nH]2)c(NC(=O)c2cccs2)n(C[C@@H]2CCCO2)c1C. The number of imidazole rings is 1. The molecule has 1 aliphatic heterocycles. The number of rotatable bonds is 5. The van der Waals surface area contributed by atoms with Crippen molar-refractivity contribution in [3.63, 3.8) is 0 Å². The number of carbonyl (C=O) groups is 1. The molecule has 0 saturated carbocycles. The quantitative estimate of drug-likeness (QED) is 0.469. The highest BCUT2D eigenvalue weighted by Gasteiger charge is 2.26. The summed E-state index contributed by atoms with van der Waals surface area (Å²) >= 11 is 1.44. The number of aromatic amines is 1. The lowest BCUT2D eigenvalue weighted by Gasteiger charge is -2.17. The second-order valence-electron chi connectivity index (χ2n) is 7.71. The highest BCUT2D eigenvalue weighted by atomic mass is 32.1. The molecule has 0 bridgehead atoms. The van der Waals surface area contributed by atoms with Crippen LogP contribution in [-0.2, 0) is 11.3 Å². The van der Waals surface area contributed by atoms with E-state index >= 15 is 0 Å². The fourth-order valence-corrected chi connectivity index (χ4v) is 4.77. The minimum absolute atomic E-state index is 0.103. The summed E-state index contributed by atoms with van der Waals surface area (Å²) in [6, 6.07) is 11.7. The zero-order valence-electron chi connectivity index (χ0n) is 17.1. The fraction of sp³-hybridized carbons (Fsp3) is 0.304. The molecule has 1 amide bonds. The minimum atomic E-state index is -0.103. The van der Waals surface area contributed by atoms with Gasteiger partial charge in [0.1, 0.15) is 11.6 Å². The van der Waals surface area contributed by atoms with E-state index < -0.39 is 0 Å². The molecule has 0 spiro atoms. The molecular formula is C23H24N4O2S. The third-order valence-corrected chi connectivity index (χ3v) is 6.71. The van der Waals surface area contributed by atoms with Crippen LogP contribution >= 0.6 is 11.3 Å². The van der Waals surface area contributed by atoms with Crippen molar-refractivity contribution < 1.29 is 9.53 Å². The first-order chi connectivity index (χ1) is 14.6. The van der Waals surface area contributed by atoms with Gasteiger partial charge in [-0.3, -0.25) is 4.79 Å². The topological polar surface area (TPSA) is 71.9 Å². The first kappa shape index (κ1) is 19.1. The number of thiophene rings is 1. The summed E-state index contributed by atoms with van der Waals surface area (Å²) < 4.78 is 8.07. The van der Waals surface area contributed by atoms with Crippen LogP contribution in [-0.4, -0.2) is 33.2 Å². The van der Waals surface area contributed by atoms with Crippen molar-refractivity contribution in [3.8, 4) is 11.4 Å². The second-order valence-corrected chi connectivity index (χ2v) is 8.66. The molecule has 1 atom stereocenters. The molecule has 7 heteroatoms. The summed E-state index contributed by atoms with van der Waals surface area (Å²) in [5.74, 6) is 1.44. The zero-order valence-corrected chi connectivity index (χ0v) is 17.9. The largest absolute Gasteiger partial charge is 0.376 e. The van der Waals surface area contributed by atoms with Crippen molar-refractivity contribution in [3.05, 3.63) is 57.9 Å². The molecule has 4 aromatic rings. The molecule has 0 aliphatic carbocycles. The van der Waals surface area contributed by atoms with Gasteiger partial charge in [0.05, 0.1) is 34.1 Å². The average Bonchev–Trinajstić information content (AvgIpc) is 3.53. The number of nitrogens with zero attached hydrogens (tertiary/aromatic N) is 2. The van der Waals surface area contributed by atoms with Crippen molar-refractivity contribution in [1.29, 1.82) is 0 Å². The van der Waals surface area contributed by atoms with Gasteiger partial charge in [0.15, 0.2) is 0 Å². The summed E-state index contributed by atoms with van der Waals surface area (Å²) in [6.45, 7) is 5.70. The van der Waals surface area contributed by atoms with Gasteiger partial charge < -0.3 is 19.6 Å². The van der Waals surface area contributed by atoms with E-state index in [1.165, 1.54) is 11.3 Å². The Hall–Kier alpha value is -2.90. The van der Waals surface area contributed by atoms with Crippen molar-refractivity contribution in [2.45, 2.75) is 39.3 Å². The Morgan fingerprint density at radius 3 is 2.90 bits per heavy atom. The van der Waals surface area contributed by atoms with Gasteiger partial charge >= 0.3 is 0 Å². The van der Waals surface area contributed by atoms with Gasteiger partial charge in [0, 0.05) is 12.3 Å². The Morgan fingerprint density at radius 2 is 2.17 bits per heavy atom. The van der Waals surface area contributed by atoms with E-state index in [2.05, 4.69) is 28.7 Å². The summed E-state index contributed by atoms with van der Waals surface area (Å²) in [7, 11) is 0. The first-order valence-corrected chi connectivity index (χ1v) is 11.1. The molecule has 5 rings (SSSR count). The van der Waals surface area contributed by atoms with Crippen LogP contribution < -0.4 is 5.32 Å². The van der Waals surface area contributed by atoms with E-state index in [9.17, 15) is 4.79 Å². The molecule has 154 valence electrons. The molecule has 3 aromatic heterocycles. The third kappa shape index (κ3) is 3.34. The van der Waals surface area contributed by atoms with Crippen molar-refractivity contribution in [2.75, 3.05) is 11.9 Å². The summed E-state index contributed by atoms with van der Waals surface area (Å²) in [4.78, 5) is 21.9. The Bertz CT molecular complexity index is 1170. The summed E-state index contributed by atoms with van der Waals surface area (Å²) in [6.07, 6.45) is 2.28. The van der Waals surface area contributed by atoms with Crippen LogP contribution in [0.25, 0.3) is 22.4 Å². The Labute approximate surface area is 178 Å². The Kier molecular flexibility index (Phi) is 4.92. The average molecular weight is 421 g/mol. The van der Waals surface area contributed by atoms with Gasteiger partial charge in [-0.2, -0.15) is 0 Å². The molecule has 2 N–H and O–H groups in total. The van der Waals surface area contributed by atoms with Gasteiger partial charge in [0.25, 0.3) is 5.91 Å². The van der Waals surface area contributed by atoms with E-state index in [1.54, 1.807) is 0 Å². The predicted molar refractivity (Wildman–Crippen MR) is 120 cm³/mol. The third-order valence-electron chi connectivity index (χ3n) is 5.84.